The van der Waals surface area contributed by atoms with E-state index in [1.807, 2.05) is 0 Å². The van der Waals surface area contributed by atoms with Crippen molar-refractivity contribution in [2.24, 2.45) is 5.73 Å². The number of hydrogen-bond acceptors (Lipinski definition) is 4. The van der Waals surface area contributed by atoms with Crippen molar-refractivity contribution in [2.45, 2.75) is 37.0 Å². The molecular formula is C12H24N2OS. The van der Waals surface area contributed by atoms with Crippen LogP contribution in [0.2, 0.25) is 0 Å². The Kier molecular flexibility index (Phi) is 3.84. The van der Waals surface area contributed by atoms with Crippen LogP contribution in [-0.4, -0.2) is 53.8 Å². The lowest BCUT2D eigenvalue weighted by Gasteiger charge is -2.50. The zero-order valence-electron chi connectivity index (χ0n) is 10.5. The molecule has 0 aliphatic carbocycles. The van der Waals surface area contributed by atoms with E-state index < -0.39 is 0 Å². The summed E-state index contributed by atoms with van der Waals surface area (Å²) < 4.78 is 5.86. The van der Waals surface area contributed by atoms with E-state index in [0.29, 0.717) is 4.75 Å². The molecule has 2 N–H and O–H groups in total. The Hall–Kier alpha value is 0.230. The van der Waals surface area contributed by atoms with E-state index in [2.05, 4.69) is 30.5 Å². The van der Waals surface area contributed by atoms with Gasteiger partial charge in [0, 0.05) is 48.9 Å². The summed E-state index contributed by atoms with van der Waals surface area (Å²) in [6.07, 6.45) is 2.20. The highest BCUT2D eigenvalue weighted by atomic mass is 32.2. The van der Waals surface area contributed by atoms with Crippen LogP contribution in [0, 0.1) is 0 Å². The number of nitrogens with two attached hydrogens (primary N) is 1. The molecule has 0 spiro atoms. The Morgan fingerprint density at radius 2 is 2.00 bits per heavy atom. The summed E-state index contributed by atoms with van der Waals surface area (Å²) in [7, 11) is 0. The molecule has 2 aliphatic heterocycles. The topological polar surface area (TPSA) is 38.5 Å². The predicted octanol–water partition coefficient (Wildman–Crippen LogP) is 1.32. The first-order chi connectivity index (χ1) is 7.58. The SMILES string of the molecule is CC1(C)CN(C2(CN)CCOCC2)CCS1. The molecule has 0 bridgehead atoms. The lowest BCUT2D eigenvalue weighted by Crippen LogP contribution is -2.61. The molecule has 0 radical (unpaired) electrons. The highest BCUT2D eigenvalue weighted by molar-refractivity contribution is 8.00. The molecule has 0 amide bonds. The fourth-order valence-electron chi connectivity index (χ4n) is 2.82. The summed E-state index contributed by atoms with van der Waals surface area (Å²) in [5.74, 6) is 1.23. The Labute approximate surface area is 103 Å². The summed E-state index contributed by atoms with van der Waals surface area (Å²) >= 11 is 2.08. The molecule has 0 aromatic heterocycles. The molecule has 2 saturated heterocycles. The van der Waals surface area contributed by atoms with Crippen LogP contribution < -0.4 is 5.73 Å². The van der Waals surface area contributed by atoms with Gasteiger partial charge in [0.2, 0.25) is 0 Å². The summed E-state index contributed by atoms with van der Waals surface area (Å²) in [4.78, 5) is 2.63. The van der Waals surface area contributed by atoms with E-state index in [-0.39, 0.29) is 5.54 Å². The molecule has 0 atom stereocenters. The van der Waals surface area contributed by atoms with Crippen LogP contribution in [0.5, 0.6) is 0 Å². The van der Waals surface area contributed by atoms with Crippen LogP contribution in [0.3, 0.4) is 0 Å². The minimum Gasteiger partial charge on any atom is -0.381 e. The van der Waals surface area contributed by atoms with Crippen molar-refractivity contribution in [3.8, 4) is 0 Å². The molecule has 94 valence electrons. The minimum atomic E-state index is 0.219. The Balaban J connectivity index is 2.08. The van der Waals surface area contributed by atoms with Gasteiger partial charge in [-0.2, -0.15) is 11.8 Å². The summed E-state index contributed by atoms with van der Waals surface area (Å²) in [6, 6.07) is 0. The average molecular weight is 244 g/mol. The second-order valence-electron chi connectivity index (χ2n) is 5.57. The smallest absolute Gasteiger partial charge is 0.0484 e. The fourth-order valence-corrected chi connectivity index (χ4v) is 3.93. The van der Waals surface area contributed by atoms with Crippen molar-refractivity contribution < 1.29 is 4.74 Å². The van der Waals surface area contributed by atoms with Crippen molar-refractivity contribution in [3.05, 3.63) is 0 Å². The van der Waals surface area contributed by atoms with Crippen molar-refractivity contribution >= 4 is 11.8 Å². The van der Waals surface area contributed by atoms with E-state index >= 15 is 0 Å². The lowest BCUT2D eigenvalue weighted by atomic mass is 9.87. The van der Waals surface area contributed by atoms with Gasteiger partial charge in [-0.3, -0.25) is 4.90 Å². The molecule has 2 rings (SSSR count). The average Bonchev–Trinajstić information content (AvgIpc) is 2.29. The molecule has 0 unspecified atom stereocenters. The number of nitrogens with zero attached hydrogens (tertiary/aromatic N) is 1. The van der Waals surface area contributed by atoms with Gasteiger partial charge in [0.05, 0.1) is 0 Å². The van der Waals surface area contributed by atoms with Crippen molar-refractivity contribution in [3.63, 3.8) is 0 Å². The fraction of sp³-hybridized carbons (Fsp3) is 1.00. The van der Waals surface area contributed by atoms with Gasteiger partial charge < -0.3 is 10.5 Å². The normalized spacial score (nSPS) is 30.2. The molecule has 4 heteroatoms. The summed E-state index contributed by atoms with van der Waals surface area (Å²) in [6.45, 7) is 9.56. The van der Waals surface area contributed by atoms with Gasteiger partial charge in [0.1, 0.15) is 0 Å². The van der Waals surface area contributed by atoms with Crippen LogP contribution >= 0.6 is 11.8 Å². The highest BCUT2D eigenvalue weighted by Gasteiger charge is 2.41. The highest BCUT2D eigenvalue weighted by Crippen LogP contribution is 2.36. The second kappa shape index (κ2) is 4.84. The Morgan fingerprint density at radius 3 is 2.56 bits per heavy atom. The van der Waals surface area contributed by atoms with E-state index in [4.69, 9.17) is 10.5 Å². The third-order valence-electron chi connectivity index (χ3n) is 3.90. The summed E-state index contributed by atoms with van der Waals surface area (Å²) in [5.41, 5.74) is 6.27. The second-order valence-corrected chi connectivity index (χ2v) is 7.37. The molecule has 0 aromatic carbocycles. The van der Waals surface area contributed by atoms with Gasteiger partial charge in [-0.25, -0.2) is 0 Å². The van der Waals surface area contributed by atoms with E-state index in [0.717, 1.165) is 39.1 Å². The molecular weight excluding hydrogens is 220 g/mol. The van der Waals surface area contributed by atoms with Gasteiger partial charge in [-0.05, 0) is 26.7 Å². The monoisotopic (exact) mass is 244 g/mol. The maximum Gasteiger partial charge on any atom is 0.0484 e. The molecule has 16 heavy (non-hydrogen) atoms. The number of rotatable bonds is 2. The zero-order valence-corrected chi connectivity index (χ0v) is 11.3. The maximum atomic E-state index is 6.05. The van der Waals surface area contributed by atoms with Crippen LogP contribution in [0.25, 0.3) is 0 Å². The van der Waals surface area contributed by atoms with Crippen LogP contribution in [0.4, 0.5) is 0 Å². The van der Waals surface area contributed by atoms with Gasteiger partial charge in [-0.15, -0.1) is 0 Å². The lowest BCUT2D eigenvalue weighted by molar-refractivity contribution is -0.0259. The minimum absolute atomic E-state index is 0.219. The molecule has 3 nitrogen and oxygen atoms in total. The third kappa shape index (κ3) is 2.55. The van der Waals surface area contributed by atoms with Crippen molar-refractivity contribution in [1.29, 1.82) is 0 Å². The number of hydrogen-bond donors (Lipinski definition) is 1. The van der Waals surface area contributed by atoms with Crippen molar-refractivity contribution in [2.75, 3.05) is 38.6 Å². The number of ether oxygens (including phenoxy) is 1. The largest absolute Gasteiger partial charge is 0.381 e. The Bertz CT molecular complexity index is 239. The first-order valence-electron chi connectivity index (χ1n) is 6.25. The third-order valence-corrected chi connectivity index (χ3v) is 5.20. The van der Waals surface area contributed by atoms with Crippen LogP contribution in [0.1, 0.15) is 26.7 Å². The van der Waals surface area contributed by atoms with E-state index in [1.165, 1.54) is 12.3 Å². The zero-order chi connectivity index (χ0) is 11.6. The molecule has 0 saturated carbocycles. The summed E-state index contributed by atoms with van der Waals surface area (Å²) in [5, 5.41) is 0. The molecule has 2 heterocycles. The molecule has 0 aromatic rings. The first-order valence-corrected chi connectivity index (χ1v) is 7.23. The van der Waals surface area contributed by atoms with Gasteiger partial charge in [0.25, 0.3) is 0 Å². The molecule has 2 aliphatic rings. The van der Waals surface area contributed by atoms with Crippen LogP contribution in [0.15, 0.2) is 0 Å². The predicted molar refractivity (Wildman–Crippen MR) is 69.9 cm³/mol. The first kappa shape index (κ1) is 12.7. The van der Waals surface area contributed by atoms with Gasteiger partial charge in [-0.1, -0.05) is 0 Å². The van der Waals surface area contributed by atoms with Gasteiger partial charge >= 0.3 is 0 Å². The maximum absolute atomic E-state index is 6.05. The molecule has 2 fully saturated rings. The number of thioether (sulfide) groups is 1. The van der Waals surface area contributed by atoms with E-state index in [1.54, 1.807) is 0 Å². The quantitative estimate of drug-likeness (QED) is 0.795. The van der Waals surface area contributed by atoms with Crippen LogP contribution in [-0.2, 0) is 4.74 Å². The van der Waals surface area contributed by atoms with Crippen molar-refractivity contribution in [1.82, 2.24) is 4.90 Å². The van der Waals surface area contributed by atoms with Gasteiger partial charge in [0.15, 0.2) is 0 Å². The van der Waals surface area contributed by atoms with E-state index in [9.17, 15) is 0 Å². The Morgan fingerprint density at radius 1 is 1.31 bits per heavy atom. The standard InChI is InChI=1S/C12H24N2OS/c1-11(2)10-14(5-8-16-11)12(9-13)3-6-15-7-4-12/h3-10,13H2,1-2H3.